The topological polar surface area (TPSA) is 47.3 Å². The van der Waals surface area contributed by atoms with Gasteiger partial charge in [0.15, 0.2) is 0 Å². The van der Waals surface area contributed by atoms with E-state index in [1.165, 1.54) is 0 Å². The number of hydrogen-bond donors (Lipinski definition) is 1. The SMILES string of the molecule is CCCn1ncc(Cl)c1C1(O)CCOCC1C. The van der Waals surface area contributed by atoms with Crippen LogP contribution in [0.5, 0.6) is 0 Å². The highest BCUT2D eigenvalue weighted by Gasteiger charge is 2.42. The summed E-state index contributed by atoms with van der Waals surface area (Å²) in [6, 6.07) is 0. The van der Waals surface area contributed by atoms with Gasteiger partial charge in [-0.1, -0.05) is 25.4 Å². The number of aliphatic hydroxyl groups is 1. The standard InChI is InChI=1S/C12H19ClN2O2/c1-3-5-15-11(10(13)7-14-15)12(16)4-6-17-8-9(12)2/h7,9,16H,3-6,8H2,1-2H3. The Bertz CT molecular complexity index is 394. The molecule has 0 radical (unpaired) electrons. The first-order valence-electron chi connectivity index (χ1n) is 6.11. The zero-order chi connectivity index (χ0) is 12.5. The fraction of sp³-hybridized carbons (Fsp3) is 0.750. The highest BCUT2D eigenvalue weighted by molar-refractivity contribution is 6.31. The van der Waals surface area contributed by atoms with E-state index in [2.05, 4.69) is 12.0 Å². The molecule has 17 heavy (non-hydrogen) atoms. The van der Waals surface area contributed by atoms with Crippen molar-refractivity contribution in [2.75, 3.05) is 13.2 Å². The predicted octanol–water partition coefficient (Wildman–Crippen LogP) is 2.19. The van der Waals surface area contributed by atoms with Crippen LogP contribution in [0.3, 0.4) is 0 Å². The second-order valence-electron chi connectivity index (χ2n) is 4.71. The van der Waals surface area contributed by atoms with E-state index in [9.17, 15) is 5.11 Å². The van der Waals surface area contributed by atoms with E-state index in [0.717, 1.165) is 18.7 Å². The van der Waals surface area contributed by atoms with Gasteiger partial charge in [-0.25, -0.2) is 0 Å². The third-order valence-corrected chi connectivity index (χ3v) is 3.73. The molecule has 2 unspecified atom stereocenters. The predicted molar refractivity (Wildman–Crippen MR) is 66.0 cm³/mol. The minimum atomic E-state index is -0.916. The Hall–Kier alpha value is -0.580. The lowest BCUT2D eigenvalue weighted by atomic mass is 9.82. The molecule has 0 bridgehead atoms. The highest BCUT2D eigenvalue weighted by atomic mass is 35.5. The maximum Gasteiger partial charge on any atom is 0.115 e. The average molecular weight is 259 g/mol. The Balaban J connectivity index is 2.39. The van der Waals surface area contributed by atoms with E-state index in [4.69, 9.17) is 16.3 Å². The molecule has 5 heteroatoms. The lowest BCUT2D eigenvalue weighted by Crippen LogP contribution is -2.43. The number of rotatable bonds is 3. The molecule has 2 atom stereocenters. The first-order chi connectivity index (χ1) is 8.09. The molecule has 0 spiro atoms. The molecule has 4 nitrogen and oxygen atoms in total. The van der Waals surface area contributed by atoms with Gasteiger partial charge in [0.2, 0.25) is 0 Å². The molecule has 1 saturated heterocycles. The number of halogens is 1. The van der Waals surface area contributed by atoms with E-state index in [1.54, 1.807) is 6.20 Å². The van der Waals surface area contributed by atoms with Crippen molar-refractivity contribution in [2.24, 2.45) is 5.92 Å². The zero-order valence-electron chi connectivity index (χ0n) is 10.3. The second kappa shape index (κ2) is 4.96. The van der Waals surface area contributed by atoms with Gasteiger partial charge in [0, 0.05) is 25.5 Å². The fourth-order valence-electron chi connectivity index (χ4n) is 2.40. The molecule has 96 valence electrons. The Kier molecular flexibility index (Phi) is 3.76. The molecular weight excluding hydrogens is 240 g/mol. The first kappa shape index (κ1) is 12.9. The van der Waals surface area contributed by atoms with Gasteiger partial charge < -0.3 is 9.84 Å². The van der Waals surface area contributed by atoms with Crippen LogP contribution in [0, 0.1) is 5.92 Å². The Labute approximate surface area is 107 Å². The van der Waals surface area contributed by atoms with Gasteiger partial charge in [0.1, 0.15) is 5.60 Å². The molecule has 2 rings (SSSR count). The molecule has 1 fully saturated rings. The normalized spacial score (nSPS) is 29.5. The minimum absolute atomic E-state index is 0.0288. The van der Waals surface area contributed by atoms with Crippen LogP contribution in [0.25, 0.3) is 0 Å². The summed E-state index contributed by atoms with van der Waals surface area (Å²) in [4.78, 5) is 0. The number of hydrogen-bond acceptors (Lipinski definition) is 3. The van der Waals surface area contributed by atoms with Crippen molar-refractivity contribution >= 4 is 11.6 Å². The molecule has 1 aromatic heterocycles. The van der Waals surface area contributed by atoms with E-state index in [0.29, 0.717) is 24.7 Å². The van der Waals surface area contributed by atoms with Gasteiger partial charge in [0.05, 0.1) is 23.5 Å². The van der Waals surface area contributed by atoms with Crippen molar-refractivity contribution in [3.63, 3.8) is 0 Å². The van der Waals surface area contributed by atoms with E-state index < -0.39 is 5.60 Å². The van der Waals surface area contributed by atoms with Gasteiger partial charge in [-0.15, -0.1) is 0 Å². The molecular formula is C12H19ClN2O2. The molecule has 1 N–H and O–H groups in total. The van der Waals surface area contributed by atoms with Crippen molar-refractivity contribution in [1.82, 2.24) is 9.78 Å². The zero-order valence-corrected chi connectivity index (χ0v) is 11.1. The Morgan fingerprint density at radius 2 is 2.47 bits per heavy atom. The second-order valence-corrected chi connectivity index (χ2v) is 5.12. The smallest absolute Gasteiger partial charge is 0.115 e. The van der Waals surface area contributed by atoms with Crippen LogP contribution in [-0.4, -0.2) is 28.1 Å². The van der Waals surface area contributed by atoms with Crippen LogP contribution in [0.15, 0.2) is 6.20 Å². The molecule has 0 aromatic carbocycles. The molecule has 2 heterocycles. The number of nitrogens with zero attached hydrogens (tertiary/aromatic N) is 2. The van der Waals surface area contributed by atoms with Crippen LogP contribution in [-0.2, 0) is 16.9 Å². The summed E-state index contributed by atoms with van der Waals surface area (Å²) in [6.45, 7) is 5.96. The largest absolute Gasteiger partial charge is 0.383 e. The van der Waals surface area contributed by atoms with Gasteiger partial charge in [-0.05, 0) is 6.42 Å². The summed E-state index contributed by atoms with van der Waals surface area (Å²) in [5, 5.41) is 15.7. The maximum absolute atomic E-state index is 10.9. The summed E-state index contributed by atoms with van der Waals surface area (Å²) in [5.41, 5.74) is -0.169. The quantitative estimate of drug-likeness (QED) is 0.904. The van der Waals surface area contributed by atoms with Crippen LogP contribution in [0.2, 0.25) is 5.02 Å². The Morgan fingerprint density at radius 3 is 3.12 bits per heavy atom. The van der Waals surface area contributed by atoms with Crippen molar-refractivity contribution in [3.8, 4) is 0 Å². The third kappa shape index (κ3) is 2.21. The summed E-state index contributed by atoms with van der Waals surface area (Å²) < 4.78 is 7.21. The summed E-state index contributed by atoms with van der Waals surface area (Å²) in [7, 11) is 0. The minimum Gasteiger partial charge on any atom is -0.383 e. The van der Waals surface area contributed by atoms with E-state index in [1.807, 2.05) is 11.6 Å². The van der Waals surface area contributed by atoms with Gasteiger partial charge in [0.25, 0.3) is 0 Å². The molecule has 1 aliphatic rings. The first-order valence-corrected chi connectivity index (χ1v) is 6.49. The van der Waals surface area contributed by atoms with Crippen LogP contribution in [0.4, 0.5) is 0 Å². The molecule has 0 aliphatic carbocycles. The van der Waals surface area contributed by atoms with Gasteiger partial charge >= 0.3 is 0 Å². The monoisotopic (exact) mass is 258 g/mol. The van der Waals surface area contributed by atoms with Crippen molar-refractivity contribution in [2.45, 2.75) is 38.8 Å². The van der Waals surface area contributed by atoms with Crippen LogP contribution < -0.4 is 0 Å². The van der Waals surface area contributed by atoms with Crippen LogP contribution in [0.1, 0.15) is 32.4 Å². The lowest BCUT2D eigenvalue weighted by molar-refractivity contribution is -0.116. The molecule has 0 amide bonds. The van der Waals surface area contributed by atoms with Crippen molar-refractivity contribution in [3.05, 3.63) is 16.9 Å². The third-order valence-electron chi connectivity index (χ3n) is 3.45. The summed E-state index contributed by atoms with van der Waals surface area (Å²) >= 11 is 6.18. The highest BCUT2D eigenvalue weighted by Crippen LogP contribution is 2.39. The fourth-order valence-corrected chi connectivity index (χ4v) is 2.70. The number of aromatic nitrogens is 2. The van der Waals surface area contributed by atoms with Crippen LogP contribution >= 0.6 is 11.6 Å². The molecule has 1 aromatic rings. The summed E-state index contributed by atoms with van der Waals surface area (Å²) in [6.07, 6.45) is 3.15. The van der Waals surface area contributed by atoms with Crippen molar-refractivity contribution < 1.29 is 9.84 Å². The van der Waals surface area contributed by atoms with Crippen molar-refractivity contribution in [1.29, 1.82) is 0 Å². The number of ether oxygens (including phenoxy) is 1. The Morgan fingerprint density at radius 1 is 1.71 bits per heavy atom. The van der Waals surface area contributed by atoms with Gasteiger partial charge in [-0.2, -0.15) is 5.10 Å². The van der Waals surface area contributed by atoms with E-state index in [-0.39, 0.29) is 5.92 Å². The molecule has 1 aliphatic heterocycles. The lowest BCUT2D eigenvalue weighted by Gasteiger charge is -2.38. The summed E-state index contributed by atoms with van der Waals surface area (Å²) in [5.74, 6) is 0.0288. The molecule has 0 saturated carbocycles. The van der Waals surface area contributed by atoms with E-state index >= 15 is 0 Å². The number of aryl methyl sites for hydroxylation is 1. The maximum atomic E-state index is 10.9. The van der Waals surface area contributed by atoms with Gasteiger partial charge in [-0.3, -0.25) is 4.68 Å². The average Bonchev–Trinajstić information content (AvgIpc) is 2.65.